The molecule has 0 radical (unpaired) electrons. The van der Waals surface area contributed by atoms with Crippen LogP contribution in [0, 0.1) is 5.92 Å². The summed E-state index contributed by atoms with van der Waals surface area (Å²) >= 11 is 0. The summed E-state index contributed by atoms with van der Waals surface area (Å²) in [5, 5.41) is 0. The minimum atomic E-state index is -3.61. The first-order valence-electron chi connectivity index (χ1n) is 10.5. The summed E-state index contributed by atoms with van der Waals surface area (Å²) in [6.45, 7) is 3.29. The number of nitrogens with zero attached hydrogens (tertiary/aromatic N) is 3. The number of hydrogen-bond acceptors (Lipinski definition) is 5. The molecule has 1 saturated heterocycles. The lowest BCUT2D eigenvalue weighted by Gasteiger charge is -2.32. The predicted octanol–water partition coefficient (Wildman–Crippen LogP) is 2.43. The van der Waals surface area contributed by atoms with E-state index in [1.165, 1.54) is 37.7 Å². The van der Waals surface area contributed by atoms with Crippen molar-refractivity contribution in [2.24, 2.45) is 5.92 Å². The van der Waals surface area contributed by atoms with Crippen molar-refractivity contribution in [3.63, 3.8) is 0 Å². The average molecular weight is 424 g/mol. The van der Waals surface area contributed by atoms with Crippen LogP contribution in [-0.2, 0) is 14.8 Å². The van der Waals surface area contributed by atoms with E-state index in [4.69, 9.17) is 4.74 Å². The topological polar surface area (TPSA) is 70.2 Å². The number of rotatable bonds is 6. The molecule has 1 amide bonds. The number of anilines is 1. The number of carbonyl (C=O) groups is 1. The largest absolute Gasteiger partial charge is 0.378 e. The number of amides is 1. The van der Waals surface area contributed by atoms with Crippen molar-refractivity contribution >= 4 is 21.6 Å². The Morgan fingerprint density at radius 2 is 1.76 bits per heavy atom. The first-order valence-corrected chi connectivity index (χ1v) is 11.9. The van der Waals surface area contributed by atoms with Crippen molar-refractivity contribution in [2.75, 3.05) is 58.9 Å². The maximum absolute atomic E-state index is 13.4. The molecule has 1 saturated carbocycles. The summed E-state index contributed by atoms with van der Waals surface area (Å²) in [4.78, 5) is 17.4. The SMILES string of the molecule is CN(CC1CCCCC1)C(=O)c1cc(S(=O)(=O)N(C)C)ccc1N1CCOCC1. The Hall–Kier alpha value is -1.64. The zero-order chi connectivity index (χ0) is 21.0. The van der Waals surface area contributed by atoms with Crippen LogP contribution in [-0.4, -0.2) is 77.5 Å². The molecule has 0 atom stereocenters. The zero-order valence-corrected chi connectivity index (χ0v) is 18.6. The molecule has 2 aliphatic rings. The van der Waals surface area contributed by atoms with E-state index in [-0.39, 0.29) is 10.8 Å². The lowest BCUT2D eigenvalue weighted by Crippen LogP contribution is -2.39. The van der Waals surface area contributed by atoms with Gasteiger partial charge in [0.2, 0.25) is 10.0 Å². The molecule has 1 aromatic carbocycles. The van der Waals surface area contributed by atoms with E-state index in [0.717, 1.165) is 18.5 Å². The molecule has 0 spiro atoms. The van der Waals surface area contributed by atoms with Crippen molar-refractivity contribution < 1.29 is 17.9 Å². The minimum absolute atomic E-state index is 0.118. The third kappa shape index (κ3) is 5.10. The third-order valence-corrected chi connectivity index (χ3v) is 7.74. The number of hydrogen-bond donors (Lipinski definition) is 0. The van der Waals surface area contributed by atoms with Crippen molar-refractivity contribution in [1.29, 1.82) is 0 Å². The quantitative estimate of drug-likeness (QED) is 0.703. The fraction of sp³-hybridized carbons (Fsp3) is 0.667. The molecule has 1 aliphatic heterocycles. The second kappa shape index (κ2) is 9.45. The maximum Gasteiger partial charge on any atom is 0.255 e. The van der Waals surface area contributed by atoms with Gasteiger partial charge in [-0.1, -0.05) is 19.3 Å². The molecular weight excluding hydrogens is 390 g/mol. The smallest absolute Gasteiger partial charge is 0.255 e. The lowest BCUT2D eigenvalue weighted by molar-refractivity contribution is 0.0759. The monoisotopic (exact) mass is 423 g/mol. The van der Waals surface area contributed by atoms with E-state index >= 15 is 0 Å². The average Bonchev–Trinajstić information content (AvgIpc) is 2.74. The second-order valence-electron chi connectivity index (χ2n) is 8.26. The van der Waals surface area contributed by atoms with Crippen LogP contribution in [0.2, 0.25) is 0 Å². The summed E-state index contributed by atoms with van der Waals surface area (Å²) in [6.07, 6.45) is 6.04. The molecule has 1 heterocycles. The maximum atomic E-state index is 13.4. The highest BCUT2D eigenvalue weighted by Crippen LogP contribution is 2.29. The standard InChI is InChI=1S/C21H33N3O4S/c1-22(2)29(26,27)18-9-10-20(24-11-13-28-14-12-24)19(15-18)21(25)23(3)16-17-7-5-4-6-8-17/h9-10,15,17H,4-8,11-14,16H2,1-3H3. The van der Waals surface area contributed by atoms with E-state index in [1.807, 2.05) is 7.05 Å². The van der Waals surface area contributed by atoms with Gasteiger partial charge in [0.05, 0.1) is 23.7 Å². The summed E-state index contributed by atoms with van der Waals surface area (Å²) in [7, 11) is 1.22. The van der Waals surface area contributed by atoms with Gasteiger partial charge in [-0.25, -0.2) is 12.7 Å². The first-order chi connectivity index (χ1) is 13.8. The molecular formula is C21H33N3O4S. The van der Waals surface area contributed by atoms with Gasteiger partial charge < -0.3 is 14.5 Å². The highest BCUT2D eigenvalue weighted by Gasteiger charge is 2.27. The highest BCUT2D eigenvalue weighted by molar-refractivity contribution is 7.89. The van der Waals surface area contributed by atoms with Gasteiger partial charge in [0, 0.05) is 46.5 Å². The van der Waals surface area contributed by atoms with E-state index in [1.54, 1.807) is 23.1 Å². The molecule has 29 heavy (non-hydrogen) atoms. The molecule has 2 fully saturated rings. The van der Waals surface area contributed by atoms with Crippen LogP contribution >= 0.6 is 0 Å². The zero-order valence-electron chi connectivity index (χ0n) is 17.8. The van der Waals surface area contributed by atoms with Crippen LogP contribution in [0.25, 0.3) is 0 Å². The number of benzene rings is 1. The van der Waals surface area contributed by atoms with Gasteiger partial charge in [-0.05, 0) is 37.0 Å². The van der Waals surface area contributed by atoms with Crippen molar-refractivity contribution in [1.82, 2.24) is 9.21 Å². The van der Waals surface area contributed by atoms with Gasteiger partial charge in [-0.2, -0.15) is 0 Å². The Labute approximate surface area is 174 Å². The van der Waals surface area contributed by atoms with Gasteiger partial charge in [-0.3, -0.25) is 4.79 Å². The van der Waals surface area contributed by atoms with Crippen LogP contribution in [0.1, 0.15) is 42.5 Å². The third-order valence-electron chi connectivity index (χ3n) is 5.93. The fourth-order valence-corrected chi connectivity index (χ4v) is 5.11. The molecule has 0 unspecified atom stereocenters. The normalized spacial score (nSPS) is 18.8. The van der Waals surface area contributed by atoms with E-state index in [9.17, 15) is 13.2 Å². The number of carbonyl (C=O) groups excluding carboxylic acids is 1. The molecule has 162 valence electrons. The van der Waals surface area contributed by atoms with Crippen molar-refractivity contribution in [2.45, 2.75) is 37.0 Å². The lowest BCUT2D eigenvalue weighted by atomic mass is 9.89. The van der Waals surface area contributed by atoms with Crippen LogP contribution in [0.5, 0.6) is 0 Å². The number of ether oxygens (including phenoxy) is 1. The molecule has 0 N–H and O–H groups in total. The van der Waals surface area contributed by atoms with Crippen molar-refractivity contribution in [3.05, 3.63) is 23.8 Å². The Morgan fingerprint density at radius 1 is 1.10 bits per heavy atom. The van der Waals surface area contributed by atoms with Crippen molar-refractivity contribution in [3.8, 4) is 0 Å². The van der Waals surface area contributed by atoms with Crippen LogP contribution in [0.15, 0.2) is 23.1 Å². The molecule has 1 aliphatic carbocycles. The van der Waals surface area contributed by atoms with E-state index in [2.05, 4.69) is 4.90 Å². The van der Waals surface area contributed by atoms with Gasteiger partial charge >= 0.3 is 0 Å². The summed E-state index contributed by atoms with van der Waals surface area (Å²) < 4.78 is 31.9. The van der Waals surface area contributed by atoms with Crippen LogP contribution in [0.3, 0.4) is 0 Å². The molecule has 0 aromatic heterocycles. The van der Waals surface area contributed by atoms with Gasteiger partial charge in [-0.15, -0.1) is 0 Å². The Bertz CT molecular complexity index is 813. The van der Waals surface area contributed by atoms with Gasteiger partial charge in [0.15, 0.2) is 0 Å². The molecule has 3 rings (SSSR count). The molecule has 1 aromatic rings. The van der Waals surface area contributed by atoms with Gasteiger partial charge in [0.1, 0.15) is 0 Å². The predicted molar refractivity (Wildman–Crippen MR) is 114 cm³/mol. The Balaban J connectivity index is 1.92. The van der Waals surface area contributed by atoms with Crippen LogP contribution < -0.4 is 4.90 Å². The van der Waals surface area contributed by atoms with E-state index < -0.39 is 10.0 Å². The Morgan fingerprint density at radius 3 is 2.38 bits per heavy atom. The first kappa shape index (κ1) is 22.1. The summed E-state index contributed by atoms with van der Waals surface area (Å²) in [6, 6.07) is 4.90. The summed E-state index contributed by atoms with van der Waals surface area (Å²) in [5.74, 6) is 0.408. The van der Waals surface area contributed by atoms with Gasteiger partial charge in [0.25, 0.3) is 5.91 Å². The highest BCUT2D eigenvalue weighted by atomic mass is 32.2. The van der Waals surface area contributed by atoms with Crippen LogP contribution in [0.4, 0.5) is 5.69 Å². The number of sulfonamides is 1. The number of morpholine rings is 1. The second-order valence-corrected chi connectivity index (χ2v) is 10.4. The molecule has 0 bridgehead atoms. The molecule has 7 nitrogen and oxygen atoms in total. The summed E-state index contributed by atoms with van der Waals surface area (Å²) in [5.41, 5.74) is 1.24. The van der Waals surface area contributed by atoms with E-state index in [0.29, 0.717) is 44.3 Å². The minimum Gasteiger partial charge on any atom is -0.378 e. The molecule has 8 heteroatoms. The fourth-order valence-electron chi connectivity index (χ4n) is 4.18. The Kier molecular flexibility index (Phi) is 7.19.